The standard InChI is InChI=1S/C7H6N2O2S.C6H6N2OS.B.Li.H/c1-4-6(7(10)11-2)5(3-8)12-9-4;1-4-5(3-9)6(2-7)10-8-4;;;/h1-2H3;9H,3H2,1H3;;;/q;;;+1;-1. The molecule has 0 spiro atoms. The first kappa shape index (κ1) is 24.6. The van der Waals surface area contributed by atoms with Crippen molar-refractivity contribution < 1.29 is 34.9 Å². The Hall–Kier alpha value is -1.67. The maximum Gasteiger partial charge on any atom is 1.00 e. The molecule has 2 aromatic rings. The second-order valence-electron chi connectivity index (χ2n) is 3.92. The van der Waals surface area contributed by atoms with Crippen LogP contribution in [-0.2, 0) is 11.3 Å². The van der Waals surface area contributed by atoms with Crippen LogP contribution < -0.4 is 18.9 Å². The van der Waals surface area contributed by atoms with Gasteiger partial charge in [0, 0.05) is 14.0 Å². The quantitative estimate of drug-likeness (QED) is 0.523. The summed E-state index contributed by atoms with van der Waals surface area (Å²) in [5.74, 6) is -0.502. The molecule has 2 heterocycles. The Labute approximate surface area is 163 Å². The number of methoxy groups -OCH3 is 1. The van der Waals surface area contributed by atoms with E-state index < -0.39 is 5.97 Å². The van der Waals surface area contributed by atoms with Crippen LogP contribution in [0.25, 0.3) is 0 Å². The number of carbonyl (C=O) groups is 1. The van der Waals surface area contributed by atoms with E-state index in [4.69, 9.17) is 15.6 Å². The Bertz CT molecular complexity index is 770. The van der Waals surface area contributed by atoms with Gasteiger partial charge in [-0.05, 0) is 36.9 Å². The van der Waals surface area contributed by atoms with Crippen molar-refractivity contribution in [3.63, 3.8) is 0 Å². The van der Waals surface area contributed by atoms with Crippen molar-refractivity contribution in [1.82, 2.24) is 8.75 Å². The van der Waals surface area contributed by atoms with Gasteiger partial charge >= 0.3 is 24.8 Å². The molecule has 0 saturated carbocycles. The summed E-state index contributed by atoms with van der Waals surface area (Å²) >= 11 is 2.14. The van der Waals surface area contributed by atoms with Crippen molar-refractivity contribution in [2.75, 3.05) is 7.11 Å². The number of aromatic nitrogens is 2. The van der Waals surface area contributed by atoms with E-state index in [2.05, 4.69) is 13.5 Å². The van der Waals surface area contributed by atoms with Crippen LogP contribution in [0.5, 0.6) is 0 Å². The van der Waals surface area contributed by atoms with E-state index in [1.54, 1.807) is 13.8 Å². The van der Waals surface area contributed by atoms with Crippen molar-refractivity contribution in [1.29, 1.82) is 10.5 Å². The number of aryl methyl sites for hydroxylation is 2. The predicted octanol–water partition coefficient (Wildman–Crippen LogP) is -1.34. The third-order valence-electron chi connectivity index (χ3n) is 2.60. The Balaban J connectivity index is -0.000000350. The van der Waals surface area contributed by atoms with Gasteiger partial charge in [0.05, 0.1) is 25.1 Å². The van der Waals surface area contributed by atoms with Crippen molar-refractivity contribution in [3.05, 3.63) is 32.3 Å². The first-order valence-electron chi connectivity index (χ1n) is 5.90. The average molecular weight is 355 g/mol. The summed E-state index contributed by atoms with van der Waals surface area (Å²) in [4.78, 5) is 11.9. The first-order valence-corrected chi connectivity index (χ1v) is 7.45. The van der Waals surface area contributed by atoms with Crippen molar-refractivity contribution >= 4 is 37.4 Å². The van der Waals surface area contributed by atoms with E-state index in [1.807, 2.05) is 12.1 Å². The minimum Gasteiger partial charge on any atom is -1.00 e. The fourth-order valence-corrected chi connectivity index (χ4v) is 2.84. The maximum atomic E-state index is 11.1. The Morgan fingerprint density at radius 1 is 1.21 bits per heavy atom. The monoisotopic (exact) mass is 355 g/mol. The number of nitriles is 2. The van der Waals surface area contributed by atoms with Crippen LogP contribution in [0.4, 0.5) is 0 Å². The molecular formula is C13H13BLiN4O3S2. The van der Waals surface area contributed by atoms with Gasteiger partial charge < -0.3 is 11.3 Å². The van der Waals surface area contributed by atoms with Gasteiger partial charge in [0.1, 0.15) is 27.5 Å². The smallest absolute Gasteiger partial charge is 1.00 e. The van der Waals surface area contributed by atoms with Crippen molar-refractivity contribution in [2.45, 2.75) is 20.5 Å². The van der Waals surface area contributed by atoms with Crippen LogP contribution in [0, 0.1) is 36.5 Å². The zero-order valence-corrected chi connectivity index (χ0v) is 15.3. The van der Waals surface area contributed by atoms with Crippen LogP contribution in [0.2, 0.25) is 0 Å². The summed E-state index contributed by atoms with van der Waals surface area (Å²) in [5.41, 5.74) is 2.24. The maximum absolute atomic E-state index is 11.1. The summed E-state index contributed by atoms with van der Waals surface area (Å²) < 4.78 is 12.3. The van der Waals surface area contributed by atoms with E-state index in [1.165, 1.54) is 7.11 Å². The minimum absolute atomic E-state index is 0. The second kappa shape index (κ2) is 11.8. The third-order valence-corrected chi connectivity index (χ3v) is 4.33. The normalized spacial score (nSPS) is 8.42. The van der Waals surface area contributed by atoms with Crippen LogP contribution in [0.1, 0.15) is 38.5 Å². The molecule has 0 aliphatic carbocycles. The summed E-state index contributed by atoms with van der Waals surface area (Å²) in [6.07, 6.45) is 0. The van der Waals surface area contributed by atoms with Gasteiger partial charge in [0.25, 0.3) is 0 Å². The van der Waals surface area contributed by atoms with Crippen LogP contribution in [0.15, 0.2) is 0 Å². The molecule has 0 amide bonds. The number of rotatable bonds is 2. The molecule has 0 bridgehead atoms. The van der Waals surface area contributed by atoms with E-state index in [0.29, 0.717) is 21.0 Å². The molecule has 119 valence electrons. The number of ether oxygens (including phenoxy) is 1. The van der Waals surface area contributed by atoms with Gasteiger partial charge in [0.15, 0.2) is 0 Å². The average Bonchev–Trinajstić information content (AvgIpc) is 3.09. The van der Waals surface area contributed by atoms with Gasteiger partial charge in [-0.1, -0.05) is 0 Å². The SMILES string of the molecule is COC(=O)c1c(C)nsc1C#N.Cc1nsc(C#N)c1CO.[B].[H-].[Li+]. The molecule has 11 heteroatoms. The molecular weight excluding hydrogens is 342 g/mol. The van der Waals surface area contributed by atoms with E-state index in [-0.39, 0.29) is 40.9 Å². The van der Waals surface area contributed by atoms with Crippen molar-refractivity contribution in [2.24, 2.45) is 0 Å². The molecule has 7 nitrogen and oxygen atoms in total. The Morgan fingerprint density at radius 2 is 1.71 bits per heavy atom. The summed E-state index contributed by atoms with van der Waals surface area (Å²) in [6.45, 7) is 3.36. The van der Waals surface area contributed by atoms with Crippen LogP contribution in [0.3, 0.4) is 0 Å². The molecule has 0 unspecified atom stereocenters. The molecule has 24 heavy (non-hydrogen) atoms. The number of hydrogen-bond donors (Lipinski definition) is 1. The van der Waals surface area contributed by atoms with Crippen molar-refractivity contribution in [3.8, 4) is 12.1 Å². The largest absolute Gasteiger partial charge is 1.00 e. The molecule has 0 aromatic carbocycles. The first-order chi connectivity index (χ1) is 10.5. The van der Waals surface area contributed by atoms with Crippen LogP contribution in [-0.4, -0.2) is 35.3 Å². The molecule has 0 fully saturated rings. The molecule has 3 radical (unpaired) electrons. The Kier molecular flexibility index (Phi) is 12.1. The summed E-state index contributed by atoms with van der Waals surface area (Å²) in [5, 5.41) is 25.8. The molecule has 0 aliphatic heterocycles. The number of nitrogens with zero attached hydrogens (tertiary/aromatic N) is 4. The molecule has 0 saturated heterocycles. The number of carbonyl (C=O) groups excluding carboxylic acids is 1. The van der Waals surface area contributed by atoms with Gasteiger partial charge in [-0.25, -0.2) is 4.79 Å². The van der Waals surface area contributed by atoms with E-state index in [0.717, 1.165) is 28.8 Å². The third kappa shape index (κ3) is 5.76. The van der Waals surface area contributed by atoms with Gasteiger partial charge in [-0.2, -0.15) is 19.3 Å². The number of esters is 1. The fourth-order valence-electron chi connectivity index (χ4n) is 1.45. The minimum atomic E-state index is -0.502. The van der Waals surface area contributed by atoms with Gasteiger partial charge in [0.2, 0.25) is 0 Å². The second-order valence-corrected chi connectivity index (χ2v) is 5.47. The fraction of sp³-hybridized carbons (Fsp3) is 0.308. The predicted molar refractivity (Wildman–Crippen MR) is 87.3 cm³/mol. The molecule has 0 atom stereocenters. The van der Waals surface area contributed by atoms with Gasteiger partial charge in [-0.3, -0.25) is 0 Å². The summed E-state index contributed by atoms with van der Waals surface area (Å²) in [6, 6.07) is 3.85. The molecule has 2 rings (SSSR count). The topological polar surface area (TPSA) is 120 Å². The number of hydrogen-bond acceptors (Lipinski definition) is 9. The van der Waals surface area contributed by atoms with E-state index >= 15 is 0 Å². The van der Waals surface area contributed by atoms with Gasteiger partial charge in [-0.15, -0.1) is 0 Å². The number of aliphatic hydroxyl groups is 1. The zero-order valence-electron chi connectivity index (χ0n) is 14.7. The molecule has 2 aromatic heterocycles. The zero-order chi connectivity index (χ0) is 16.7. The summed E-state index contributed by atoms with van der Waals surface area (Å²) in [7, 11) is 1.28. The molecule has 0 aliphatic rings. The Morgan fingerprint density at radius 3 is 2.12 bits per heavy atom. The molecule has 1 N–H and O–H groups in total. The van der Waals surface area contributed by atoms with E-state index in [9.17, 15) is 4.79 Å². The van der Waals surface area contributed by atoms with Crippen LogP contribution >= 0.6 is 23.1 Å². The number of aliphatic hydroxyl groups excluding tert-OH is 1.